The third-order valence-corrected chi connectivity index (χ3v) is 4.62. The van der Waals surface area contributed by atoms with E-state index in [9.17, 15) is 13.2 Å². The van der Waals surface area contributed by atoms with Crippen molar-refractivity contribution in [1.82, 2.24) is 4.98 Å². The van der Waals surface area contributed by atoms with Gasteiger partial charge in [-0.1, -0.05) is 57.2 Å². The van der Waals surface area contributed by atoms with Gasteiger partial charge in [0.1, 0.15) is 0 Å². The van der Waals surface area contributed by atoms with Crippen LogP contribution >= 0.6 is 0 Å². The van der Waals surface area contributed by atoms with E-state index in [0.717, 1.165) is 34.8 Å². The van der Waals surface area contributed by atoms with Crippen LogP contribution in [0.5, 0.6) is 0 Å². The van der Waals surface area contributed by atoms with Crippen molar-refractivity contribution in [3.8, 4) is 0 Å². The summed E-state index contributed by atoms with van der Waals surface area (Å²) in [6.45, 7) is 8.14. The van der Waals surface area contributed by atoms with Crippen molar-refractivity contribution in [3.05, 3.63) is 77.5 Å². The Balaban J connectivity index is 2.06. The van der Waals surface area contributed by atoms with Gasteiger partial charge in [0.2, 0.25) is 0 Å². The lowest BCUT2D eigenvalue weighted by Gasteiger charge is -2.24. The molecule has 0 aliphatic rings. The Bertz CT molecular complexity index is 1000. The van der Waals surface area contributed by atoms with Crippen LogP contribution in [0.2, 0.25) is 0 Å². The molecule has 0 fully saturated rings. The van der Waals surface area contributed by atoms with Gasteiger partial charge < -0.3 is 10.6 Å². The van der Waals surface area contributed by atoms with Gasteiger partial charge in [-0.25, -0.2) is 4.98 Å². The van der Waals surface area contributed by atoms with Crippen LogP contribution in [0.3, 0.4) is 0 Å². The fourth-order valence-electron chi connectivity index (χ4n) is 3.05. The van der Waals surface area contributed by atoms with Crippen LogP contribution in [0.15, 0.2) is 60.8 Å². The van der Waals surface area contributed by atoms with Crippen LogP contribution in [0.25, 0.3) is 0 Å². The van der Waals surface area contributed by atoms with Crippen LogP contribution in [-0.4, -0.2) is 4.98 Å². The molecule has 3 aromatic rings. The number of aromatic nitrogens is 1. The predicted octanol–water partition coefficient (Wildman–Crippen LogP) is 7.19. The Morgan fingerprint density at radius 2 is 1.41 bits per heavy atom. The Morgan fingerprint density at radius 3 is 2.03 bits per heavy atom. The molecule has 3 rings (SSSR count). The molecule has 0 spiro atoms. The van der Waals surface area contributed by atoms with E-state index < -0.39 is 11.7 Å². The monoisotopic (exact) mass is 399 g/mol. The van der Waals surface area contributed by atoms with Crippen molar-refractivity contribution in [2.24, 2.45) is 0 Å². The maximum atomic E-state index is 13.3. The van der Waals surface area contributed by atoms with E-state index in [1.807, 2.05) is 55.5 Å². The third-order valence-electron chi connectivity index (χ3n) is 4.62. The Morgan fingerprint density at radius 1 is 0.793 bits per heavy atom. The van der Waals surface area contributed by atoms with Gasteiger partial charge in [0.25, 0.3) is 0 Å². The van der Waals surface area contributed by atoms with Gasteiger partial charge in [-0.3, -0.25) is 0 Å². The smallest absolute Gasteiger partial charge is 0.352 e. The number of anilines is 4. The molecule has 1 heterocycles. The number of nitrogens with one attached hydrogen (secondary N) is 2. The lowest BCUT2D eigenvalue weighted by Crippen LogP contribution is -2.14. The second-order valence-electron chi connectivity index (χ2n) is 7.98. The topological polar surface area (TPSA) is 37.0 Å². The first-order valence-corrected chi connectivity index (χ1v) is 9.32. The van der Waals surface area contributed by atoms with Crippen LogP contribution in [0, 0.1) is 6.92 Å². The predicted molar refractivity (Wildman–Crippen MR) is 112 cm³/mol. The van der Waals surface area contributed by atoms with Crippen molar-refractivity contribution >= 4 is 22.9 Å². The van der Waals surface area contributed by atoms with Gasteiger partial charge in [-0.15, -0.1) is 0 Å². The van der Waals surface area contributed by atoms with E-state index >= 15 is 0 Å². The van der Waals surface area contributed by atoms with E-state index in [2.05, 4.69) is 36.4 Å². The van der Waals surface area contributed by atoms with Gasteiger partial charge in [0.15, 0.2) is 5.82 Å². The molecule has 0 aliphatic carbocycles. The lowest BCUT2D eigenvalue weighted by atomic mass is 9.86. The molecule has 6 heteroatoms. The van der Waals surface area contributed by atoms with Crippen molar-refractivity contribution in [2.45, 2.75) is 39.3 Å². The second-order valence-corrected chi connectivity index (χ2v) is 7.98. The van der Waals surface area contributed by atoms with Crippen LogP contribution < -0.4 is 10.6 Å². The molecule has 1 aromatic heterocycles. The molecule has 2 aromatic carbocycles. The van der Waals surface area contributed by atoms with E-state index in [4.69, 9.17) is 0 Å². The first-order valence-electron chi connectivity index (χ1n) is 9.32. The molecular formula is C23H24F3N3. The van der Waals surface area contributed by atoms with Gasteiger partial charge in [-0.2, -0.15) is 13.2 Å². The van der Waals surface area contributed by atoms with Gasteiger partial charge in [-0.05, 0) is 41.7 Å². The summed E-state index contributed by atoms with van der Waals surface area (Å²) in [6, 6.07) is 16.2. The largest absolute Gasteiger partial charge is 0.417 e. The average Bonchev–Trinajstić information content (AvgIpc) is 2.63. The summed E-state index contributed by atoms with van der Waals surface area (Å²) in [7, 11) is 0. The third kappa shape index (κ3) is 4.88. The zero-order valence-corrected chi connectivity index (χ0v) is 16.9. The molecule has 0 saturated carbocycles. The average molecular weight is 399 g/mol. The molecule has 152 valence electrons. The van der Waals surface area contributed by atoms with Crippen LogP contribution in [0.1, 0.15) is 37.5 Å². The van der Waals surface area contributed by atoms with Crippen molar-refractivity contribution < 1.29 is 13.2 Å². The molecular weight excluding hydrogens is 375 g/mol. The molecule has 2 N–H and O–H groups in total. The summed E-state index contributed by atoms with van der Waals surface area (Å²) in [4.78, 5) is 4.10. The highest BCUT2D eigenvalue weighted by atomic mass is 19.4. The molecule has 0 amide bonds. The first kappa shape index (κ1) is 20.7. The summed E-state index contributed by atoms with van der Waals surface area (Å²) in [5.41, 5.74) is 2.82. The fourth-order valence-corrected chi connectivity index (χ4v) is 3.05. The molecule has 0 aliphatic heterocycles. The van der Waals surface area contributed by atoms with E-state index in [0.29, 0.717) is 5.82 Å². The number of rotatable bonds is 4. The summed E-state index contributed by atoms with van der Waals surface area (Å²) >= 11 is 0. The number of pyridine rings is 1. The lowest BCUT2D eigenvalue weighted by molar-refractivity contribution is -0.137. The maximum Gasteiger partial charge on any atom is 0.417 e. The number of para-hydroxylation sites is 2. The number of aryl methyl sites for hydroxylation is 1. The summed E-state index contributed by atoms with van der Waals surface area (Å²) in [5.74, 6) is 0.331. The summed E-state index contributed by atoms with van der Waals surface area (Å²) in [6.07, 6.45) is -3.62. The van der Waals surface area contributed by atoms with E-state index in [1.165, 1.54) is 0 Å². The van der Waals surface area contributed by atoms with Crippen molar-refractivity contribution in [1.29, 1.82) is 0 Å². The molecule has 29 heavy (non-hydrogen) atoms. The number of benzene rings is 2. The first-order chi connectivity index (χ1) is 13.6. The number of alkyl halides is 3. The standard InChI is InChI=1S/C23H24F3N3/c1-15-9-5-7-11-18(15)28-20-13-16(23(24,25)26)14-27-21(20)29-19-12-8-6-10-17(19)22(2,3)4/h5-14,28H,1-4H3,(H,27,29). The SMILES string of the molecule is Cc1ccccc1Nc1cc(C(F)(F)F)cnc1Nc1ccccc1C(C)(C)C. The quantitative estimate of drug-likeness (QED) is 0.487. The van der Waals surface area contributed by atoms with Gasteiger partial charge >= 0.3 is 6.18 Å². The highest BCUT2D eigenvalue weighted by Crippen LogP contribution is 2.37. The molecule has 0 bridgehead atoms. The van der Waals surface area contributed by atoms with Gasteiger partial charge in [0, 0.05) is 17.6 Å². The fraction of sp³-hybridized carbons (Fsp3) is 0.261. The minimum atomic E-state index is -4.48. The van der Waals surface area contributed by atoms with Crippen LogP contribution in [-0.2, 0) is 11.6 Å². The number of nitrogens with zero attached hydrogens (tertiary/aromatic N) is 1. The summed E-state index contributed by atoms with van der Waals surface area (Å²) < 4.78 is 39.8. The summed E-state index contributed by atoms with van der Waals surface area (Å²) in [5, 5.41) is 6.33. The van der Waals surface area contributed by atoms with Crippen molar-refractivity contribution in [2.75, 3.05) is 10.6 Å². The normalized spacial score (nSPS) is 12.0. The van der Waals surface area contributed by atoms with Gasteiger partial charge in [0.05, 0.1) is 11.3 Å². The van der Waals surface area contributed by atoms with E-state index in [-0.39, 0.29) is 11.1 Å². The minimum Gasteiger partial charge on any atom is -0.352 e. The van der Waals surface area contributed by atoms with Crippen molar-refractivity contribution in [3.63, 3.8) is 0 Å². The Labute approximate surface area is 169 Å². The second kappa shape index (κ2) is 7.78. The number of hydrogen-bond donors (Lipinski definition) is 2. The highest BCUT2D eigenvalue weighted by molar-refractivity contribution is 5.77. The Hall–Kier alpha value is -3.02. The zero-order valence-electron chi connectivity index (χ0n) is 16.9. The number of halogens is 3. The minimum absolute atomic E-state index is 0.140. The number of hydrogen-bond acceptors (Lipinski definition) is 3. The molecule has 0 unspecified atom stereocenters. The van der Waals surface area contributed by atoms with Crippen LogP contribution in [0.4, 0.5) is 36.1 Å². The maximum absolute atomic E-state index is 13.3. The molecule has 3 nitrogen and oxygen atoms in total. The zero-order chi connectivity index (χ0) is 21.2. The van der Waals surface area contributed by atoms with E-state index in [1.54, 1.807) is 0 Å². The highest BCUT2D eigenvalue weighted by Gasteiger charge is 2.32. The molecule has 0 saturated heterocycles. The molecule has 0 atom stereocenters. The molecule has 0 radical (unpaired) electrons. The Kier molecular flexibility index (Phi) is 5.55.